The highest BCUT2D eigenvalue weighted by atomic mass is 16.5. The normalized spacial score (nSPS) is 21.5. The third kappa shape index (κ3) is 1.36. The van der Waals surface area contributed by atoms with Crippen molar-refractivity contribution in [3.05, 3.63) is 12.0 Å². The second-order valence-electron chi connectivity index (χ2n) is 3.65. The van der Waals surface area contributed by atoms with Crippen LogP contribution in [0.4, 0.5) is 0 Å². The van der Waals surface area contributed by atoms with Gasteiger partial charge in [-0.2, -0.15) is 0 Å². The zero-order valence-corrected chi connectivity index (χ0v) is 8.38. The largest absolute Gasteiger partial charge is 0.332 e. The van der Waals surface area contributed by atoms with Gasteiger partial charge in [-0.25, -0.2) is 4.98 Å². The first-order valence-corrected chi connectivity index (χ1v) is 5.02. The summed E-state index contributed by atoms with van der Waals surface area (Å²) in [6.45, 7) is 1.29. The van der Waals surface area contributed by atoms with E-state index in [1.54, 1.807) is 0 Å². The second kappa shape index (κ2) is 3.60. The Balaban J connectivity index is 2.08. The van der Waals surface area contributed by atoms with Crippen LogP contribution in [0.5, 0.6) is 0 Å². The van der Waals surface area contributed by atoms with Crippen molar-refractivity contribution in [2.75, 3.05) is 13.1 Å². The Morgan fingerprint density at radius 3 is 3.31 bits per heavy atom. The van der Waals surface area contributed by atoms with Crippen molar-refractivity contribution in [3.8, 4) is 0 Å². The number of piperidine rings is 1. The summed E-state index contributed by atoms with van der Waals surface area (Å²) < 4.78 is 4.98. The second-order valence-corrected chi connectivity index (χ2v) is 3.65. The van der Waals surface area contributed by atoms with E-state index in [4.69, 9.17) is 4.52 Å². The first kappa shape index (κ1) is 9.34. The monoisotopic (exact) mass is 219 g/mol. The lowest BCUT2D eigenvalue weighted by Gasteiger charge is -2.19. The van der Waals surface area contributed by atoms with E-state index < -0.39 is 0 Å². The van der Waals surface area contributed by atoms with Crippen LogP contribution in [-0.2, 0) is 4.79 Å². The predicted octanol–water partition coefficient (Wildman–Crippen LogP) is -0.341. The molecule has 16 heavy (non-hydrogen) atoms. The Bertz CT molecular complexity index is 537. The standard InChI is InChI=1S/C9H9N5O2/c15-6-1-2-10-3-5(6)7-8-9(16-14-7)13-12-4-11-8/h4-5,10H,1-3H2. The number of ketones is 1. The number of nitrogens with one attached hydrogen (secondary N) is 1. The molecule has 7 nitrogen and oxygen atoms in total. The number of hydrogen-bond donors (Lipinski definition) is 1. The van der Waals surface area contributed by atoms with Crippen molar-refractivity contribution >= 4 is 17.0 Å². The fourth-order valence-electron chi connectivity index (χ4n) is 1.86. The third-order valence-electron chi connectivity index (χ3n) is 2.68. The van der Waals surface area contributed by atoms with Crippen molar-refractivity contribution in [1.82, 2.24) is 25.7 Å². The van der Waals surface area contributed by atoms with Crippen molar-refractivity contribution in [2.24, 2.45) is 0 Å². The van der Waals surface area contributed by atoms with Crippen molar-refractivity contribution < 1.29 is 9.32 Å². The van der Waals surface area contributed by atoms with Gasteiger partial charge in [0.15, 0.2) is 5.52 Å². The van der Waals surface area contributed by atoms with Crippen LogP contribution < -0.4 is 5.32 Å². The van der Waals surface area contributed by atoms with E-state index in [2.05, 4.69) is 25.7 Å². The minimum absolute atomic E-state index is 0.160. The van der Waals surface area contributed by atoms with Gasteiger partial charge >= 0.3 is 0 Å². The van der Waals surface area contributed by atoms with Crippen LogP contribution in [0.15, 0.2) is 10.9 Å². The number of fused-ring (bicyclic) bond motifs is 1. The van der Waals surface area contributed by atoms with Crippen LogP contribution in [-0.4, -0.2) is 39.2 Å². The van der Waals surface area contributed by atoms with Gasteiger partial charge in [0.2, 0.25) is 0 Å². The molecule has 1 N–H and O–H groups in total. The maximum atomic E-state index is 11.8. The van der Waals surface area contributed by atoms with E-state index in [9.17, 15) is 4.79 Å². The van der Waals surface area contributed by atoms with Crippen LogP contribution in [0.2, 0.25) is 0 Å². The summed E-state index contributed by atoms with van der Waals surface area (Å²) in [5.41, 5.74) is 1.36. The first-order chi connectivity index (χ1) is 7.86. The number of hydrogen-bond acceptors (Lipinski definition) is 7. The number of carbonyl (C=O) groups is 1. The third-order valence-corrected chi connectivity index (χ3v) is 2.68. The smallest absolute Gasteiger partial charge is 0.295 e. The zero-order valence-electron chi connectivity index (χ0n) is 8.38. The average molecular weight is 219 g/mol. The van der Waals surface area contributed by atoms with Gasteiger partial charge in [-0.05, 0) is 0 Å². The molecule has 1 unspecified atom stereocenters. The van der Waals surface area contributed by atoms with E-state index in [-0.39, 0.29) is 17.4 Å². The molecule has 2 aromatic rings. The van der Waals surface area contributed by atoms with Gasteiger partial charge < -0.3 is 9.84 Å². The topological polar surface area (TPSA) is 93.8 Å². The van der Waals surface area contributed by atoms with Gasteiger partial charge in [0, 0.05) is 19.5 Å². The number of nitrogens with zero attached hydrogens (tertiary/aromatic N) is 4. The van der Waals surface area contributed by atoms with Gasteiger partial charge in [0.05, 0.1) is 5.92 Å². The van der Waals surface area contributed by atoms with Gasteiger partial charge in [-0.1, -0.05) is 5.16 Å². The number of rotatable bonds is 1. The molecule has 82 valence electrons. The molecule has 1 atom stereocenters. The summed E-state index contributed by atoms with van der Waals surface area (Å²) in [5.74, 6) is -0.126. The highest BCUT2D eigenvalue weighted by Gasteiger charge is 2.29. The van der Waals surface area contributed by atoms with E-state index in [1.807, 2.05) is 0 Å². The van der Waals surface area contributed by atoms with E-state index in [1.165, 1.54) is 6.33 Å². The molecule has 1 aliphatic heterocycles. The van der Waals surface area contributed by atoms with E-state index in [0.29, 0.717) is 24.2 Å². The van der Waals surface area contributed by atoms with Crippen molar-refractivity contribution in [1.29, 1.82) is 0 Å². The zero-order chi connectivity index (χ0) is 11.0. The Labute approximate surface area is 90.2 Å². The lowest BCUT2D eigenvalue weighted by atomic mass is 9.94. The van der Waals surface area contributed by atoms with Crippen LogP contribution >= 0.6 is 0 Å². The summed E-state index contributed by atoms with van der Waals surface area (Å²) in [7, 11) is 0. The minimum atomic E-state index is -0.285. The van der Waals surface area contributed by atoms with Gasteiger partial charge in [0.25, 0.3) is 5.71 Å². The lowest BCUT2D eigenvalue weighted by Crippen LogP contribution is -2.35. The summed E-state index contributed by atoms with van der Waals surface area (Å²) >= 11 is 0. The SMILES string of the molecule is O=C1CCNCC1c1noc2nncnc12. The molecule has 7 heteroatoms. The molecule has 0 amide bonds. The molecular weight excluding hydrogens is 210 g/mol. The summed E-state index contributed by atoms with van der Waals surface area (Å²) in [6, 6.07) is 0. The van der Waals surface area contributed by atoms with Crippen molar-refractivity contribution in [2.45, 2.75) is 12.3 Å². The molecule has 1 saturated heterocycles. The van der Waals surface area contributed by atoms with Gasteiger partial charge in [0.1, 0.15) is 17.8 Å². The highest BCUT2D eigenvalue weighted by Crippen LogP contribution is 2.24. The molecule has 1 fully saturated rings. The van der Waals surface area contributed by atoms with E-state index in [0.717, 1.165) is 6.54 Å². The van der Waals surface area contributed by atoms with Gasteiger partial charge in [-0.15, -0.1) is 10.2 Å². The number of Topliss-reactive ketones (excluding diaryl/α,β-unsaturated/α-hetero) is 1. The number of carbonyl (C=O) groups excluding carboxylic acids is 1. The Kier molecular flexibility index (Phi) is 2.10. The first-order valence-electron chi connectivity index (χ1n) is 5.02. The molecule has 0 spiro atoms. The molecule has 0 radical (unpaired) electrons. The van der Waals surface area contributed by atoms with Gasteiger partial charge in [-0.3, -0.25) is 4.79 Å². The average Bonchev–Trinajstić information content (AvgIpc) is 2.74. The number of aromatic nitrogens is 4. The maximum Gasteiger partial charge on any atom is 0.295 e. The fourth-order valence-corrected chi connectivity index (χ4v) is 1.86. The van der Waals surface area contributed by atoms with Crippen LogP contribution in [0.25, 0.3) is 11.2 Å². The molecule has 0 aromatic carbocycles. The van der Waals surface area contributed by atoms with Crippen LogP contribution in [0, 0.1) is 0 Å². The molecule has 2 aromatic heterocycles. The molecule has 3 rings (SSSR count). The predicted molar refractivity (Wildman–Crippen MR) is 52.6 cm³/mol. The van der Waals surface area contributed by atoms with Crippen LogP contribution in [0.3, 0.4) is 0 Å². The molecular formula is C9H9N5O2. The van der Waals surface area contributed by atoms with Crippen molar-refractivity contribution in [3.63, 3.8) is 0 Å². The highest BCUT2D eigenvalue weighted by molar-refractivity contribution is 5.89. The minimum Gasteiger partial charge on any atom is -0.332 e. The van der Waals surface area contributed by atoms with E-state index >= 15 is 0 Å². The Hall–Kier alpha value is -1.89. The fraction of sp³-hybridized carbons (Fsp3) is 0.444. The Morgan fingerprint density at radius 2 is 2.44 bits per heavy atom. The molecule has 0 bridgehead atoms. The molecule has 3 heterocycles. The molecule has 0 saturated carbocycles. The van der Waals surface area contributed by atoms with Crippen LogP contribution in [0.1, 0.15) is 18.0 Å². The maximum absolute atomic E-state index is 11.8. The summed E-state index contributed by atoms with van der Waals surface area (Å²) in [4.78, 5) is 15.8. The quantitative estimate of drug-likeness (QED) is 0.701. The summed E-state index contributed by atoms with van der Waals surface area (Å²) in [6.07, 6.45) is 1.83. The molecule has 0 aliphatic carbocycles. The summed E-state index contributed by atoms with van der Waals surface area (Å²) in [5, 5.41) is 14.4. The Morgan fingerprint density at radius 1 is 1.50 bits per heavy atom. The molecule has 1 aliphatic rings. The lowest BCUT2D eigenvalue weighted by molar-refractivity contribution is -0.121.